The third kappa shape index (κ3) is 34.1. The molecule has 1 amide bonds. The van der Waals surface area contributed by atoms with Crippen molar-refractivity contribution in [2.45, 2.75) is 180 Å². The third-order valence-electron chi connectivity index (χ3n) is 7.95. The smallest absolute Gasteiger partial charge is 0.463 e. The summed E-state index contributed by atoms with van der Waals surface area (Å²) in [6.07, 6.45) is 32.1. The largest absolute Gasteiger partial charge is 0.472 e. The summed E-state index contributed by atoms with van der Waals surface area (Å²) in [7, 11) is -4.39. The lowest BCUT2D eigenvalue weighted by Gasteiger charge is -2.15. The number of hydrogen-bond acceptors (Lipinski definition) is 7. The molecule has 0 spiro atoms. The Morgan fingerprint density at radius 2 is 1.11 bits per heavy atom. The number of carbonyl (C=O) groups excluding carboxylic acids is 2. The first-order chi connectivity index (χ1) is 22.3. The van der Waals surface area contributed by atoms with Gasteiger partial charge >= 0.3 is 13.8 Å². The number of aliphatic hydroxyl groups excluding tert-OH is 1. The molecule has 0 aliphatic carbocycles. The van der Waals surface area contributed by atoms with Crippen LogP contribution in [0.4, 0.5) is 0 Å². The Morgan fingerprint density at radius 3 is 1.65 bits per heavy atom. The molecule has 2 unspecified atom stereocenters. The van der Waals surface area contributed by atoms with Crippen LogP contribution < -0.4 is 5.32 Å². The summed E-state index contributed by atoms with van der Waals surface area (Å²) in [4.78, 5) is 33.4. The normalized spacial score (nSPS) is 13.6. The lowest BCUT2D eigenvalue weighted by molar-refractivity contribution is -0.147. The highest BCUT2D eigenvalue weighted by Gasteiger charge is 2.23. The molecule has 0 radical (unpaired) electrons. The van der Waals surface area contributed by atoms with Crippen molar-refractivity contribution in [3.05, 3.63) is 12.2 Å². The Labute approximate surface area is 281 Å². The van der Waals surface area contributed by atoms with Crippen molar-refractivity contribution in [1.29, 1.82) is 0 Å². The molecular weight excluding hydrogens is 605 g/mol. The lowest BCUT2D eigenvalue weighted by atomic mass is 10.0. The maximum absolute atomic E-state index is 12.0. The second kappa shape index (κ2) is 33.6. The zero-order valence-electron chi connectivity index (χ0n) is 29.5. The minimum Gasteiger partial charge on any atom is -0.463 e. The van der Waals surface area contributed by atoms with Gasteiger partial charge < -0.3 is 20.1 Å². The van der Waals surface area contributed by atoms with E-state index >= 15 is 0 Å². The van der Waals surface area contributed by atoms with E-state index in [0.29, 0.717) is 6.42 Å². The Balaban J connectivity index is 3.51. The summed E-state index contributed by atoms with van der Waals surface area (Å²) in [6.45, 7) is 3.40. The molecule has 0 rings (SSSR count). The highest BCUT2D eigenvalue weighted by Crippen LogP contribution is 2.42. The highest BCUT2D eigenvalue weighted by atomic mass is 31.2. The van der Waals surface area contributed by atoms with Crippen LogP contribution in [0.25, 0.3) is 0 Å². The van der Waals surface area contributed by atoms with Crippen molar-refractivity contribution in [2.75, 3.05) is 26.4 Å². The Kier molecular flexibility index (Phi) is 32.7. The monoisotopic (exact) mass is 675 g/mol. The fourth-order valence-corrected chi connectivity index (χ4v) is 5.84. The molecule has 46 heavy (non-hydrogen) atoms. The van der Waals surface area contributed by atoms with E-state index in [1.54, 1.807) is 0 Å². The van der Waals surface area contributed by atoms with Gasteiger partial charge in [-0.05, 0) is 38.5 Å². The predicted molar refractivity (Wildman–Crippen MR) is 188 cm³/mol. The van der Waals surface area contributed by atoms with E-state index in [0.717, 1.165) is 44.9 Å². The van der Waals surface area contributed by atoms with Gasteiger partial charge in [-0.25, -0.2) is 4.57 Å². The van der Waals surface area contributed by atoms with Crippen LogP contribution >= 0.6 is 7.82 Å². The SMILES string of the molecule is CCCCCCCC/C=C/CCCCCCCCCCCCCC(=O)NCCOP(=O)(O)OCC(O)COC(=O)CCCCCC. The van der Waals surface area contributed by atoms with Gasteiger partial charge in [-0.15, -0.1) is 0 Å². The van der Waals surface area contributed by atoms with Gasteiger partial charge in [0.05, 0.1) is 13.2 Å². The van der Waals surface area contributed by atoms with Crippen LogP contribution in [0, 0.1) is 0 Å². The molecule has 0 aromatic rings. The van der Waals surface area contributed by atoms with Crippen molar-refractivity contribution in [1.82, 2.24) is 5.32 Å². The number of hydrogen-bond donors (Lipinski definition) is 3. The van der Waals surface area contributed by atoms with Gasteiger partial charge in [0.25, 0.3) is 0 Å². The van der Waals surface area contributed by atoms with Gasteiger partial charge in [0.1, 0.15) is 12.7 Å². The van der Waals surface area contributed by atoms with E-state index in [1.165, 1.54) is 103 Å². The third-order valence-corrected chi connectivity index (χ3v) is 8.93. The van der Waals surface area contributed by atoms with Crippen molar-refractivity contribution in [3.63, 3.8) is 0 Å². The number of phosphoric ester groups is 1. The summed E-state index contributed by atoms with van der Waals surface area (Å²) in [5, 5.41) is 12.5. The lowest BCUT2D eigenvalue weighted by Crippen LogP contribution is -2.27. The second-order valence-corrected chi connectivity index (χ2v) is 14.0. The van der Waals surface area contributed by atoms with Crippen molar-refractivity contribution in [2.24, 2.45) is 0 Å². The average molecular weight is 676 g/mol. The van der Waals surface area contributed by atoms with Crippen molar-refractivity contribution in [3.8, 4) is 0 Å². The molecule has 0 aromatic heterocycles. The fourth-order valence-electron chi connectivity index (χ4n) is 5.08. The molecule has 0 aliphatic heterocycles. The van der Waals surface area contributed by atoms with E-state index < -0.39 is 26.5 Å². The molecule has 0 fully saturated rings. The number of carbonyl (C=O) groups is 2. The molecule has 0 saturated heterocycles. The first kappa shape index (κ1) is 44.8. The van der Waals surface area contributed by atoms with Crippen molar-refractivity contribution >= 4 is 19.7 Å². The van der Waals surface area contributed by atoms with Gasteiger partial charge in [0, 0.05) is 19.4 Å². The van der Waals surface area contributed by atoms with Crippen LogP contribution in [0.15, 0.2) is 12.2 Å². The fraction of sp³-hybridized carbons (Fsp3) is 0.889. The van der Waals surface area contributed by atoms with Gasteiger partial charge in [0.2, 0.25) is 5.91 Å². The zero-order valence-corrected chi connectivity index (χ0v) is 30.4. The number of phosphoric acid groups is 1. The van der Waals surface area contributed by atoms with Crippen molar-refractivity contribution < 1.29 is 37.9 Å². The molecular formula is C36H70NO8P. The Morgan fingerprint density at radius 1 is 0.652 bits per heavy atom. The van der Waals surface area contributed by atoms with Crippen LogP contribution in [0.3, 0.4) is 0 Å². The van der Waals surface area contributed by atoms with E-state index in [-0.39, 0.29) is 32.1 Å². The minimum absolute atomic E-state index is 0.0842. The zero-order chi connectivity index (χ0) is 34.0. The molecule has 3 N–H and O–H groups in total. The number of esters is 1. The number of ether oxygens (including phenoxy) is 1. The second-order valence-electron chi connectivity index (χ2n) is 12.6. The van der Waals surface area contributed by atoms with E-state index in [4.69, 9.17) is 13.8 Å². The first-order valence-electron chi connectivity index (χ1n) is 18.7. The molecule has 0 heterocycles. The summed E-state index contributed by atoms with van der Waals surface area (Å²) in [6, 6.07) is 0. The summed E-state index contributed by atoms with van der Waals surface area (Å²) in [5.41, 5.74) is 0. The summed E-state index contributed by atoms with van der Waals surface area (Å²) in [5.74, 6) is -0.532. The van der Waals surface area contributed by atoms with Gasteiger partial charge in [0.15, 0.2) is 0 Å². The predicted octanol–water partition coefficient (Wildman–Crippen LogP) is 9.49. The van der Waals surface area contributed by atoms with Crippen LogP contribution in [0.2, 0.25) is 0 Å². The molecule has 0 bridgehead atoms. The highest BCUT2D eigenvalue weighted by molar-refractivity contribution is 7.47. The summed E-state index contributed by atoms with van der Waals surface area (Å²) < 4.78 is 26.5. The van der Waals surface area contributed by atoms with Gasteiger partial charge in [-0.3, -0.25) is 18.6 Å². The van der Waals surface area contributed by atoms with Gasteiger partial charge in [-0.2, -0.15) is 0 Å². The number of aliphatic hydroxyl groups is 1. The molecule has 272 valence electrons. The molecule has 0 aromatic carbocycles. The van der Waals surface area contributed by atoms with Gasteiger partial charge in [-0.1, -0.05) is 135 Å². The Hall–Kier alpha value is -1.25. The Bertz CT molecular complexity index is 779. The maximum atomic E-state index is 12.0. The molecule has 2 atom stereocenters. The van der Waals surface area contributed by atoms with E-state index in [1.807, 2.05) is 0 Å². The topological polar surface area (TPSA) is 131 Å². The summed E-state index contributed by atoms with van der Waals surface area (Å²) >= 11 is 0. The number of amides is 1. The van der Waals surface area contributed by atoms with Crippen LogP contribution in [-0.2, 0) is 27.9 Å². The van der Waals surface area contributed by atoms with E-state index in [2.05, 4.69) is 31.3 Å². The standard InChI is InChI=1S/C36H70NO8P/c1-3-5-7-9-10-11-12-13-14-15-16-17-18-19-20-21-22-23-24-25-26-28-35(39)37-30-31-44-46(41,42)45-33-34(38)32-43-36(40)29-27-8-6-4-2/h13-14,34,38H,3-12,15-33H2,1-2H3,(H,37,39)(H,41,42)/b14-13+. The first-order valence-corrected chi connectivity index (χ1v) is 20.2. The molecule has 10 heteroatoms. The number of allylic oxidation sites excluding steroid dienone is 2. The molecule has 0 saturated carbocycles. The maximum Gasteiger partial charge on any atom is 0.472 e. The number of rotatable bonds is 35. The quantitative estimate of drug-likeness (QED) is 0.0262. The van der Waals surface area contributed by atoms with E-state index in [9.17, 15) is 24.2 Å². The molecule has 0 aliphatic rings. The van der Waals surface area contributed by atoms with Crippen LogP contribution in [-0.4, -0.2) is 54.3 Å². The van der Waals surface area contributed by atoms with Crippen LogP contribution in [0.1, 0.15) is 174 Å². The molecule has 9 nitrogen and oxygen atoms in total. The minimum atomic E-state index is -4.39. The number of nitrogens with one attached hydrogen (secondary N) is 1. The van der Waals surface area contributed by atoms with Crippen LogP contribution in [0.5, 0.6) is 0 Å². The number of unbranched alkanes of at least 4 members (excludes halogenated alkanes) is 20. The average Bonchev–Trinajstić information content (AvgIpc) is 3.04.